The van der Waals surface area contributed by atoms with Crippen LogP contribution in [0.5, 0.6) is 5.75 Å². The molecule has 0 spiro atoms. The first-order valence-electron chi connectivity index (χ1n) is 3.64. The van der Waals surface area contributed by atoms with Crippen LogP contribution in [0.2, 0.25) is 10.0 Å². The van der Waals surface area contributed by atoms with Gasteiger partial charge in [-0.05, 0) is 23.7 Å². The topological polar surface area (TPSA) is 46.0 Å². The molecule has 0 aliphatic heterocycles. The van der Waals surface area contributed by atoms with Gasteiger partial charge in [0.2, 0.25) is 0 Å². The molecule has 1 N–H and O–H groups in total. The summed E-state index contributed by atoms with van der Waals surface area (Å²) in [7, 11) is 0. The van der Waals surface area contributed by atoms with E-state index in [0.29, 0.717) is 16.3 Å². The number of aromatic nitrogens is 2. The summed E-state index contributed by atoms with van der Waals surface area (Å²) in [5, 5.41) is 15.8. The third-order valence-electron chi connectivity index (χ3n) is 1.66. The molecule has 0 atom stereocenters. The van der Waals surface area contributed by atoms with Gasteiger partial charge < -0.3 is 5.11 Å². The number of hydrogen-bond donors (Lipinski definition) is 1. The van der Waals surface area contributed by atoms with Gasteiger partial charge in [0, 0.05) is 16.0 Å². The summed E-state index contributed by atoms with van der Waals surface area (Å²) < 4.78 is 3.69. The number of aromatic hydroxyl groups is 1. The third kappa shape index (κ3) is 1.68. The van der Waals surface area contributed by atoms with Crippen LogP contribution in [0.3, 0.4) is 0 Å². The number of phenolic OH excluding ortho intramolecular Hbond substituents is 1. The van der Waals surface area contributed by atoms with Crippen molar-refractivity contribution in [2.24, 2.45) is 0 Å². The predicted molar refractivity (Wildman–Crippen MR) is 57.0 cm³/mol. The minimum absolute atomic E-state index is 0.0243. The molecule has 6 heteroatoms. The van der Waals surface area contributed by atoms with Gasteiger partial charge in [0.25, 0.3) is 0 Å². The summed E-state index contributed by atoms with van der Waals surface area (Å²) in [6.45, 7) is 0. The molecule has 2 rings (SSSR count). The molecule has 3 nitrogen and oxygen atoms in total. The first-order valence-corrected chi connectivity index (χ1v) is 5.23. The van der Waals surface area contributed by atoms with Crippen LogP contribution in [0.1, 0.15) is 0 Å². The second kappa shape index (κ2) is 3.73. The van der Waals surface area contributed by atoms with E-state index in [9.17, 15) is 5.11 Å². The molecule has 0 amide bonds. The van der Waals surface area contributed by atoms with Crippen molar-refractivity contribution in [3.63, 3.8) is 0 Å². The minimum atomic E-state index is -0.0243. The Labute approximate surface area is 94.1 Å². The zero-order valence-electron chi connectivity index (χ0n) is 6.74. The maximum Gasteiger partial charge on any atom is 0.143 e. The van der Waals surface area contributed by atoms with Crippen LogP contribution < -0.4 is 0 Å². The zero-order chi connectivity index (χ0) is 10.1. The fourth-order valence-electron chi connectivity index (χ4n) is 1.04. The Kier molecular flexibility index (Phi) is 2.58. The lowest BCUT2D eigenvalue weighted by atomic mass is 10.1. The highest BCUT2D eigenvalue weighted by atomic mass is 35.5. The summed E-state index contributed by atoms with van der Waals surface area (Å²) in [6, 6.07) is 3.07. The molecule has 1 aromatic carbocycles. The Hall–Kier alpha value is -0.840. The van der Waals surface area contributed by atoms with Crippen LogP contribution in [0.4, 0.5) is 0 Å². The largest absolute Gasteiger partial charge is 0.506 e. The van der Waals surface area contributed by atoms with E-state index in [1.54, 1.807) is 11.4 Å². The maximum absolute atomic E-state index is 9.64. The van der Waals surface area contributed by atoms with E-state index >= 15 is 0 Å². The smallest absolute Gasteiger partial charge is 0.143 e. The lowest BCUT2D eigenvalue weighted by Gasteiger charge is -2.03. The Morgan fingerprint density at radius 2 is 2.07 bits per heavy atom. The number of phenols is 1. The molecule has 1 heterocycles. The molecule has 0 radical (unpaired) electrons. The number of halogens is 2. The van der Waals surface area contributed by atoms with E-state index in [1.165, 1.54) is 17.6 Å². The van der Waals surface area contributed by atoms with Crippen molar-refractivity contribution in [2.45, 2.75) is 0 Å². The zero-order valence-corrected chi connectivity index (χ0v) is 9.07. The van der Waals surface area contributed by atoms with Crippen LogP contribution in [-0.4, -0.2) is 14.7 Å². The van der Waals surface area contributed by atoms with Gasteiger partial charge in [0.15, 0.2) is 0 Å². The van der Waals surface area contributed by atoms with Gasteiger partial charge in [0.05, 0.1) is 5.02 Å². The van der Waals surface area contributed by atoms with Crippen molar-refractivity contribution in [3.8, 4) is 17.0 Å². The second-order valence-electron chi connectivity index (χ2n) is 2.57. The van der Waals surface area contributed by atoms with E-state index in [-0.39, 0.29) is 10.8 Å². The van der Waals surface area contributed by atoms with E-state index < -0.39 is 0 Å². The third-order valence-corrected chi connectivity index (χ3v) is 2.68. The minimum Gasteiger partial charge on any atom is -0.506 e. The van der Waals surface area contributed by atoms with Gasteiger partial charge in [-0.15, -0.1) is 5.10 Å². The SMILES string of the molecule is Oc1c(Cl)cc(Cl)cc1-c1csnn1. The fourth-order valence-corrected chi connectivity index (χ4v) is 1.99. The highest BCUT2D eigenvalue weighted by Crippen LogP contribution is 2.37. The highest BCUT2D eigenvalue weighted by molar-refractivity contribution is 7.03. The molecule has 14 heavy (non-hydrogen) atoms. The molecule has 2 aromatic rings. The molecule has 0 bridgehead atoms. The van der Waals surface area contributed by atoms with Gasteiger partial charge in [-0.2, -0.15) is 0 Å². The molecule has 0 fully saturated rings. The molecular weight excluding hydrogens is 243 g/mol. The molecule has 0 saturated heterocycles. The predicted octanol–water partition coefficient (Wildman–Crippen LogP) is 3.22. The van der Waals surface area contributed by atoms with Gasteiger partial charge in [-0.3, -0.25) is 0 Å². The van der Waals surface area contributed by atoms with E-state index in [4.69, 9.17) is 23.2 Å². The number of nitrogens with zero attached hydrogens (tertiary/aromatic N) is 2. The van der Waals surface area contributed by atoms with Crippen molar-refractivity contribution in [3.05, 3.63) is 27.6 Å². The lowest BCUT2D eigenvalue weighted by molar-refractivity contribution is 0.477. The normalized spacial score (nSPS) is 10.4. The Morgan fingerprint density at radius 3 is 2.71 bits per heavy atom. The number of hydrogen-bond acceptors (Lipinski definition) is 4. The number of benzene rings is 1. The average molecular weight is 247 g/mol. The molecule has 0 saturated carbocycles. The van der Waals surface area contributed by atoms with Crippen molar-refractivity contribution >= 4 is 34.7 Å². The van der Waals surface area contributed by atoms with Crippen LogP contribution in [0, 0.1) is 0 Å². The van der Waals surface area contributed by atoms with Crippen molar-refractivity contribution in [2.75, 3.05) is 0 Å². The molecule has 0 aliphatic rings. The lowest BCUT2D eigenvalue weighted by Crippen LogP contribution is -1.81. The molecular formula is C8H4Cl2N2OS. The van der Waals surface area contributed by atoms with E-state index in [2.05, 4.69) is 9.59 Å². The van der Waals surface area contributed by atoms with Crippen LogP contribution in [-0.2, 0) is 0 Å². The Morgan fingerprint density at radius 1 is 1.29 bits per heavy atom. The van der Waals surface area contributed by atoms with Crippen LogP contribution in [0.25, 0.3) is 11.3 Å². The van der Waals surface area contributed by atoms with Gasteiger partial charge in [0.1, 0.15) is 11.4 Å². The van der Waals surface area contributed by atoms with Crippen LogP contribution >= 0.6 is 34.7 Å². The van der Waals surface area contributed by atoms with Crippen molar-refractivity contribution in [1.29, 1.82) is 0 Å². The van der Waals surface area contributed by atoms with E-state index in [1.807, 2.05) is 0 Å². The molecule has 72 valence electrons. The fraction of sp³-hybridized carbons (Fsp3) is 0. The highest BCUT2D eigenvalue weighted by Gasteiger charge is 2.11. The summed E-state index contributed by atoms with van der Waals surface area (Å²) in [5.74, 6) is -0.0243. The average Bonchev–Trinajstić information content (AvgIpc) is 2.63. The first kappa shape index (κ1) is 9.71. The van der Waals surface area contributed by atoms with Crippen LogP contribution in [0.15, 0.2) is 17.5 Å². The summed E-state index contributed by atoms with van der Waals surface area (Å²) >= 11 is 12.8. The molecule has 0 unspecified atom stereocenters. The van der Waals surface area contributed by atoms with E-state index in [0.717, 1.165) is 0 Å². The quantitative estimate of drug-likeness (QED) is 0.841. The number of rotatable bonds is 1. The monoisotopic (exact) mass is 246 g/mol. The summed E-state index contributed by atoms with van der Waals surface area (Å²) in [6.07, 6.45) is 0. The van der Waals surface area contributed by atoms with Gasteiger partial charge >= 0.3 is 0 Å². The first-order chi connectivity index (χ1) is 6.68. The van der Waals surface area contributed by atoms with Gasteiger partial charge in [-0.1, -0.05) is 27.7 Å². The van der Waals surface area contributed by atoms with Crippen molar-refractivity contribution < 1.29 is 5.11 Å². The molecule has 1 aromatic heterocycles. The van der Waals surface area contributed by atoms with Gasteiger partial charge in [-0.25, -0.2) is 0 Å². The second-order valence-corrected chi connectivity index (χ2v) is 4.03. The molecule has 0 aliphatic carbocycles. The summed E-state index contributed by atoms with van der Waals surface area (Å²) in [5.41, 5.74) is 1.06. The summed E-state index contributed by atoms with van der Waals surface area (Å²) in [4.78, 5) is 0. The Bertz CT molecular complexity index is 459. The maximum atomic E-state index is 9.64. The Balaban J connectivity index is 2.64. The standard InChI is InChI=1S/C8H4Cl2N2OS/c9-4-1-5(7-3-14-12-11-7)8(13)6(10)2-4/h1-3,13H. The van der Waals surface area contributed by atoms with Crippen molar-refractivity contribution in [1.82, 2.24) is 9.59 Å².